The number of aromatic nitrogens is 2. The van der Waals surface area contributed by atoms with Gasteiger partial charge in [-0.15, -0.1) is 0 Å². The summed E-state index contributed by atoms with van der Waals surface area (Å²) in [6.07, 6.45) is 0.848. The second-order valence-corrected chi connectivity index (χ2v) is 8.18. The number of benzene rings is 2. The van der Waals surface area contributed by atoms with E-state index >= 15 is 0 Å². The first-order chi connectivity index (χ1) is 13.6. The van der Waals surface area contributed by atoms with Crippen LogP contribution in [0.3, 0.4) is 0 Å². The smallest absolute Gasteiger partial charge is 0.262 e. The first-order valence-corrected chi connectivity index (χ1v) is 10.6. The lowest BCUT2D eigenvalue weighted by Gasteiger charge is -2.22. The average molecular weight is 417 g/mol. The van der Waals surface area contributed by atoms with E-state index in [0.29, 0.717) is 33.4 Å². The number of thioether (sulfide) groups is 1. The van der Waals surface area contributed by atoms with Crippen molar-refractivity contribution in [3.8, 4) is 5.75 Å². The highest BCUT2D eigenvalue weighted by atomic mass is 35.5. The molecule has 0 amide bonds. The van der Waals surface area contributed by atoms with Gasteiger partial charge in [0, 0.05) is 27.9 Å². The molecule has 1 aliphatic rings. The first kappa shape index (κ1) is 19.3. The number of hydrogen-bond acceptors (Lipinski definition) is 5. The molecule has 0 unspecified atom stereocenters. The molecule has 2 heterocycles. The minimum atomic E-state index is 0.000206. The van der Waals surface area contributed by atoms with Crippen LogP contribution in [0.5, 0.6) is 5.75 Å². The largest absolute Gasteiger partial charge is 0.467 e. The van der Waals surface area contributed by atoms with Crippen molar-refractivity contribution in [2.24, 2.45) is 0 Å². The maximum Gasteiger partial charge on any atom is 0.262 e. The van der Waals surface area contributed by atoms with Gasteiger partial charge in [-0.3, -0.25) is 9.36 Å². The van der Waals surface area contributed by atoms with Crippen molar-refractivity contribution in [2.75, 3.05) is 6.79 Å². The van der Waals surface area contributed by atoms with Crippen molar-refractivity contribution < 1.29 is 9.47 Å². The Bertz CT molecular complexity index is 1080. The van der Waals surface area contributed by atoms with Crippen molar-refractivity contribution in [3.63, 3.8) is 0 Å². The Morgan fingerprint density at radius 1 is 1.32 bits per heavy atom. The van der Waals surface area contributed by atoms with Gasteiger partial charge in [0.25, 0.3) is 5.56 Å². The SMILES string of the molecule is CC[C@H](C)n1c(SCc2cc(Cl)cc3c2OCOC3)nc2ccccc2c1=O. The van der Waals surface area contributed by atoms with Crippen LogP contribution in [0, 0.1) is 0 Å². The Morgan fingerprint density at radius 3 is 2.96 bits per heavy atom. The van der Waals surface area contributed by atoms with Gasteiger partial charge in [-0.2, -0.15) is 0 Å². The van der Waals surface area contributed by atoms with Crippen molar-refractivity contribution in [1.82, 2.24) is 9.55 Å². The second kappa shape index (κ2) is 8.15. The highest BCUT2D eigenvalue weighted by Gasteiger charge is 2.19. The molecule has 7 heteroatoms. The van der Waals surface area contributed by atoms with Gasteiger partial charge in [0.1, 0.15) is 5.75 Å². The van der Waals surface area contributed by atoms with Gasteiger partial charge < -0.3 is 9.47 Å². The lowest BCUT2D eigenvalue weighted by molar-refractivity contribution is -0.0168. The van der Waals surface area contributed by atoms with E-state index in [2.05, 4.69) is 6.92 Å². The molecule has 5 nitrogen and oxygen atoms in total. The van der Waals surface area contributed by atoms with Crippen molar-refractivity contribution >= 4 is 34.3 Å². The molecule has 146 valence electrons. The summed E-state index contributed by atoms with van der Waals surface area (Å²) in [5.74, 6) is 1.42. The van der Waals surface area contributed by atoms with Crippen LogP contribution in [0.2, 0.25) is 5.02 Å². The van der Waals surface area contributed by atoms with Crippen LogP contribution in [0.15, 0.2) is 46.3 Å². The van der Waals surface area contributed by atoms with Crippen LogP contribution in [0.25, 0.3) is 10.9 Å². The summed E-state index contributed by atoms with van der Waals surface area (Å²) >= 11 is 7.81. The summed E-state index contributed by atoms with van der Waals surface area (Å²) in [7, 11) is 0. The van der Waals surface area contributed by atoms with E-state index in [1.807, 2.05) is 43.3 Å². The van der Waals surface area contributed by atoms with Crippen LogP contribution < -0.4 is 10.3 Å². The molecular formula is C21H21ClN2O3S. The number of halogens is 1. The third-order valence-electron chi connectivity index (χ3n) is 4.92. The fraction of sp³-hybridized carbons (Fsp3) is 0.333. The van der Waals surface area contributed by atoms with Crippen molar-refractivity contribution in [2.45, 2.75) is 43.8 Å². The predicted octanol–water partition coefficient (Wildman–Crippen LogP) is 5.18. The van der Waals surface area contributed by atoms with Gasteiger partial charge in [0.2, 0.25) is 0 Å². The molecule has 0 saturated carbocycles. The van der Waals surface area contributed by atoms with E-state index in [1.165, 1.54) is 11.8 Å². The number of ether oxygens (including phenoxy) is 2. The minimum absolute atomic E-state index is 0.000206. The number of hydrogen-bond donors (Lipinski definition) is 0. The standard InChI is InChI=1S/C21H21ClN2O3S/c1-3-13(2)24-20(25)17-6-4-5-7-18(17)23-21(24)28-11-15-9-16(22)8-14-10-26-12-27-19(14)15/h4-9,13H,3,10-12H2,1-2H3/t13-/m0/s1. The molecule has 28 heavy (non-hydrogen) atoms. The topological polar surface area (TPSA) is 53.4 Å². The molecule has 0 radical (unpaired) electrons. The van der Waals surface area contributed by atoms with Gasteiger partial charge in [-0.1, -0.05) is 42.4 Å². The molecule has 1 aromatic heterocycles. The van der Waals surface area contributed by atoms with Gasteiger partial charge >= 0.3 is 0 Å². The molecule has 1 atom stereocenters. The minimum Gasteiger partial charge on any atom is -0.467 e. The molecule has 2 aromatic carbocycles. The summed E-state index contributed by atoms with van der Waals surface area (Å²) in [5, 5.41) is 2.00. The Kier molecular flexibility index (Phi) is 5.62. The molecule has 0 spiro atoms. The van der Waals surface area contributed by atoms with E-state index in [-0.39, 0.29) is 18.4 Å². The summed E-state index contributed by atoms with van der Waals surface area (Å²) in [6, 6.07) is 11.3. The van der Waals surface area contributed by atoms with E-state index in [1.54, 1.807) is 4.57 Å². The number of rotatable bonds is 5. The molecule has 0 saturated heterocycles. The zero-order valence-electron chi connectivity index (χ0n) is 15.8. The molecule has 0 N–H and O–H groups in total. The molecule has 0 aliphatic carbocycles. The maximum atomic E-state index is 13.1. The third kappa shape index (κ3) is 3.64. The summed E-state index contributed by atoms with van der Waals surface area (Å²) < 4.78 is 12.9. The lowest BCUT2D eigenvalue weighted by atomic mass is 10.1. The Labute approximate surface area is 172 Å². The maximum absolute atomic E-state index is 13.1. The lowest BCUT2D eigenvalue weighted by Crippen LogP contribution is -2.26. The Morgan fingerprint density at radius 2 is 2.14 bits per heavy atom. The number of fused-ring (bicyclic) bond motifs is 2. The highest BCUT2D eigenvalue weighted by molar-refractivity contribution is 7.98. The Balaban J connectivity index is 1.74. The van der Waals surface area contributed by atoms with Crippen LogP contribution in [-0.4, -0.2) is 16.3 Å². The fourth-order valence-corrected chi connectivity index (χ4v) is 4.63. The zero-order valence-corrected chi connectivity index (χ0v) is 17.3. The number of nitrogens with zero attached hydrogens (tertiary/aromatic N) is 2. The molecule has 3 aromatic rings. The monoisotopic (exact) mass is 416 g/mol. The quantitative estimate of drug-likeness (QED) is 0.423. The van der Waals surface area contributed by atoms with Crippen molar-refractivity contribution in [1.29, 1.82) is 0 Å². The summed E-state index contributed by atoms with van der Waals surface area (Å²) in [6.45, 7) is 4.84. The Hall–Kier alpha value is -2.02. The first-order valence-electron chi connectivity index (χ1n) is 9.24. The van der Waals surface area contributed by atoms with Crippen LogP contribution in [0.1, 0.15) is 37.4 Å². The van der Waals surface area contributed by atoms with E-state index < -0.39 is 0 Å². The fourth-order valence-electron chi connectivity index (χ4n) is 3.30. The van der Waals surface area contributed by atoms with Crippen LogP contribution >= 0.6 is 23.4 Å². The van der Waals surface area contributed by atoms with Crippen LogP contribution in [0.4, 0.5) is 0 Å². The zero-order chi connectivity index (χ0) is 19.7. The molecule has 0 bridgehead atoms. The number of para-hydroxylation sites is 1. The molecule has 4 rings (SSSR count). The summed E-state index contributed by atoms with van der Waals surface area (Å²) in [4.78, 5) is 17.9. The van der Waals surface area contributed by atoms with Crippen molar-refractivity contribution in [3.05, 3.63) is 62.9 Å². The van der Waals surface area contributed by atoms with Crippen LogP contribution in [-0.2, 0) is 17.1 Å². The van der Waals surface area contributed by atoms with E-state index in [0.717, 1.165) is 23.3 Å². The average Bonchev–Trinajstić information content (AvgIpc) is 2.71. The predicted molar refractivity (Wildman–Crippen MR) is 112 cm³/mol. The van der Waals surface area contributed by atoms with Gasteiger partial charge in [-0.25, -0.2) is 4.98 Å². The van der Waals surface area contributed by atoms with E-state index in [9.17, 15) is 4.79 Å². The summed E-state index contributed by atoms with van der Waals surface area (Å²) in [5.41, 5.74) is 2.64. The van der Waals surface area contributed by atoms with Gasteiger partial charge in [-0.05, 0) is 37.6 Å². The highest BCUT2D eigenvalue weighted by Crippen LogP contribution is 2.35. The second-order valence-electron chi connectivity index (χ2n) is 6.80. The molecule has 1 aliphatic heterocycles. The third-order valence-corrected chi connectivity index (χ3v) is 6.14. The molecular weight excluding hydrogens is 396 g/mol. The normalized spacial score (nSPS) is 14.5. The molecule has 0 fully saturated rings. The van der Waals surface area contributed by atoms with Gasteiger partial charge in [0.05, 0.1) is 17.5 Å². The van der Waals surface area contributed by atoms with E-state index in [4.69, 9.17) is 26.1 Å². The van der Waals surface area contributed by atoms with Gasteiger partial charge in [0.15, 0.2) is 11.9 Å².